The van der Waals surface area contributed by atoms with E-state index < -0.39 is 0 Å². The van der Waals surface area contributed by atoms with E-state index in [0.29, 0.717) is 27.9 Å². The molecule has 1 aromatic heterocycles. The molecule has 0 saturated carbocycles. The van der Waals surface area contributed by atoms with Crippen LogP contribution in [0.1, 0.15) is 36.8 Å². The highest BCUT2D eigenvalue weighted by Crippen LogP contribution is 2.40. The molecule has 0 spiro atoms. The molecule has 0 radical (unpaired) electrons. The number of nitrogens with zero attached hydrogens (tertiary/aromatic N) is 2. The van der Waals surface area contributed by atoms with Crippen molar-refractivity contribution in [3.05, 3.63) is 28.1 Å². The van der Waals surface area contributed by atoms with Crippen molar-refractivity contribution in [2.24, 2.45) is 5.73 Å². The Labute approximate surface area is 116 Å². The Morgan fingerprint density at radius 3 is 2.68 bits per heavy atom. The van der Waals surface area contributed by atoms with Gasteiger partial charge >= 0.3 is 0 Å². The molecule has 1 heterocycles. The predicted molar refractivity (Wildman–Crippen MR) is 73.1 cm³/mol. The van der Waals surface area contributed by atoms with Crippen molar-refractivity contribution in [1.29, 1.82) is 0 Å². The number of hydrogen-bond donors (Lipinski definition) is 2. The van der Waals surface area contributed by atoms with Crippen molar-refractivity contribution in [3.63, 3.8) is 0 Å². The van der Waals surface area contributed by atoms with Crippen molar-refractivity contribution >= 4 is 11.6 Å². The van der Waals surface area contributed by atoms with Crippen molar-refractivity contribution in [2.75, 3.05) is 0 Å². The molecule has 1 aromatic carbocycles. The van der Waals surface area contributed by atoms with Crippen LogP contribution in [-0.2, 0) is 6.54 Å². The van der Waals surface area contributed by atoms with Crippen LogP contribution in [0.25, 0.3) is 11.4 Å². The molecular weight excluding hydrogens is 266 g/mol. The number of phenolic OH excluding ortho intramolecular Hbond substituents is 1. The first-order valence-corrected chi connectivity index (χ1v) is 6.38. The molecule has 0 bridgehead atoms. The average Bonchev–Trinajstić information content (AvgIpc) is 2.82. The summed E-state index contributed by atoms with van der Waals surface area (Å²) in [4.78, 5) is 4.14. The van der Waals surface area contributed by atoms with E-state index in [-0.39, 0.29) is 18.2 Å². The van der Waals surface area contributed by atoms with Crippen LogP contribution in [0.15, 0.2) is 10.6 Å². The minimum atomic E-state index is 0.137. The molecule has 0 amide bonds. The molecule has 19 heavy (non-hydrogen) atoms. The topological polar surface area (TPSA) is 85.2 Å². The molecular formula is C13H16ClN3O2. The van der Waals surface area contributed by atoms with Crippen LogP contribution in [0.2, 0.25) is 5.02 Å². The number of aromatic nitrogens is 2. The second-order valence-electron chi connectivity index (χ2n) is 4.67. The second kappa shape index (κ2) is 5.19. The van der Waals surface area contributed by atoms with Crippen LogP contribution in [-0.4, -0.2) is 15.2 Å². The van der Waals surface area contributed by atoms with Crippen molar-refractivity contribution in [2.45, 2.75) is 33.2 Å². The Balaban J connectivity index is 2.67. The number of nitrogens with two attached hydrogens (primary N) is 1. The van der Waals surface area contributed by atoms with Crippen LogP contribution < -0.4 is 5.73 Å². The highest BCUT2D eigenvalue weighted by atomic mass is 35.5. The maximum atomic E-state index is 10.4. The summed E-state index contributed by atoms with van der Waals surface area (Å²) in [5.41, 5.74) is 7.41. The quantitative estimate of drug-likeness (QED) is 0.903. The van der Waals surface area contributed by atoms with Gasteiger partial charge in [-0.25, -0.2) is 0 Å². The van der Waals surface area contributed by atoms with Gasteiger partial charge in [0.25, 0.3) is 0 Å². The van der Waals surface area contributed by atoms with E-state index >= 15 is 0 Å². The van der Waals surface area contributed by atoms with Crippen molar-refractivity contribution < 1.29 is 9.63 Å². The molecule has 2 aromatic rings. The normalized spacial score (nSPS) is 11.3. The molecule has 3 N–H and O–H groups in total. The van der Waals surface area contributed by atoms with Gasteiger partial charge in [-0.3, -0.25) is 0 Å². The minimum absolute atomic E-state index is 0.137. The van der Waals surface area contributed by atoms with Crippen molar-refractivity contribution in [3.8, 4) is 17.1 Å². The lowest BCUT2D eigenvalue weighted by atomic mass is 9.95. The maximum absolute atomic E-state index is 10.4. The third kappa shape index (κ3) is 2.43. The molecule has 0 saturated heterocycles. The van der Waals surface area contributed by atoms with Gasteiger partial charge in [-0.2, -0.15) is 4.98 Å². The summed E-state index contributed by atoms with van der Waals surface area (Å²) in [7, 11) is 0. The van der Waals surface area contributed by atoms with E-state index in [4.69, 9.17) is 21.9 Å². The van der Waals surface area contributed by atoms with E-state index in [0.717, 1.165) is 5.56 Å². The van der Waals surface area contributed by atoms with E-state index in [1.165, 1.54) is 0 Å². The molecule has 2 rings (SSSR count). The molecule has 0 fully saturated rings. The summed E-state index contributed by atoms with van der Waals surface area (Å²) >= 11 is 6.20. The molecule has 6 heteroatoms. The predicted octanol–water partition coefficient (Wildman–Crippen LogP) is 2.99. The maximum Gasteiger partial charge on any atom is 0.240 e. The molecule has 0 aliphatic rings. The van der Waals surface area contributed by atoms with E-state index in [9.17, 15) is 5.11 Å². The van der Waals surface area contributed by atoms with Gasteiger partial charge < -0.3 is 15.4 Å². The molecule has 5 nitrogen and oxygen atoms in total. The van der Waals surface area contributed by atoms with Crippen LogP contribution in [0.4, 0.5) is 0 Å². The Hall–Kier alpha value is -1.59. The summed E-state index contributed by atoms with van der Waals surface area (Å²) in [6.07, 6.45) is 0. The van der Waals surface area contributed by atoms with E-state index in [1.807, 2.05) is 13.8 Å². The highest BCUT2D eigenvalue weighted by molar-refractivity contribution is 6.32. The number of aromatic hydroxyl groups is 1. The van der Waals surface area contributed by atoms with Gasteiger partial charge in [-0.1, -0.05) is 30.6 Å². The SMILES string of the molecule is Cc1c(Cl)cc(C(C)C)c(O)c1-c1noc(CN)n1. The lowest BCUT2D eigenvalue weighted by Gasteiger charge is -2.14. The van der Waals surface area contributed by atoms with Gasteiger partial charge in [-0.15, -0.1) is 0 Å². The van der Waals surface area contributed by atoms with Crippen LogP contribution in [0, 0.1) is 6.92 Å². The van der Waals surface area contributed by atoms with E-state index in [1.54, 1.807) is 13.0 Å². The fourth-order valence-corrected chi connectivity index (χ4v) is 2.12. The van der Waals surface area contributed by atoms with Crippen LogP contribution >= 0.6 is 11.6 Å². The first-order valence-electron chi connectivity index (χ1n) is 6.00. The molecule has 0 unspecified atom stereocenters. The Bertz CT molecular complexity index is 608. The number of rotatable bonds is 3. The summed E-state index contributed by atoms with van der Waals surface area (Å²) < 4.78 is 4.98. The molecule has 0 atom stereocenters. The molecule has 0 aliphatic carbocycles. The first-order chi connectivity index (χ1) is 8.95. The third-order valence-corrected chi connectivity index (χ3v) is 3.41. The van der Waals surface area contributed by atoms with Gasteiger partial charge in [0.2, 0.25) is 11.7 Å². The molecule has 0 aliphatic heterocycles. The zero-order chi connectivity index (χ0) is 14.2. The van der Waals surface area contributed by atoms with Gasteiger partial charge in [0, 0.05) is 5.02 Å². The molecule has 102 valence electrons. The second-order valence-corrected chi connectivity index (χ2v) is 5.07. The van der Waals surface area contributed by atoms with Gasteiger partial charge in [-0.05, 0) is 30.0 Å². The highest BCUT2D eigenvalue weighted by Gasteiger charge is 2.21. The summed E-state index contributed by atoms with van der Waals surface area (Å²) in [6.45, 7) is 5.92. The monoisotopic (exact) mass is 281 g/mol. The van der Waals surface area contributed by atoms with Gasteiger partial charge in [0.05, 0.1) is 12.1 Å². The first kappa shape index (κ1) is 13.8. The smallest absolute Gasteiger partial charge is 0.240 e. The zero-order valence-corrected chi connectivity index (χ0v) is 11.8. The van der Waals surface area contributed by atoms with E-state index in [2.05, 4.69) is 10.1 Å². The zero-order valence-electron chi connectivity index (χ0n) is 11.1. The average molecular weight is 282 g/mol. The Morgan fingerprint density at radius 1 is 1.47 bits per heavy atom. The Morgan fingerprint density at radius 2 is 2.16 bits per heavy atom. The fourth-order valence-electron chi connectivity index (χ4n) is 1.91. The van der Waals surface area contributed by atoms with Gasteiger partial charge in [0.1, 0.15) is 5.75 Å². The Kier molecular flexibility index (Phi) is 3.78. The standard InChI is InChI=1S/C13H16ClN3O2/c1-6(2)8-4-9(14)7(3)11(12(8)18)13-16-10(5-15)19-17-13/h4,6,18H,5,15H2,1-3H3. The van der Waals surface area contributed by atoms with Crippen molar-refractivity contribution in [1.82, 2.24) is 10.1 Å². The minimum Gasteiger partial charge on any atom is -0.507 e. The number of halogens is 1. The lowest BCUT2D eigenvalue weighted by molar-refractivity contribution is 0.380. The lowest BCUT2D eigenvalue weighted by Crippen LogP contribution is -1.97. The summed E-state index contributed by atoms with van der Waals surface area (Å²) in [5.74, 6) is 0.902. The number of hydrogen-bond acceptors (Lipinski definition) is 5. The third-order valence-electron chi connectivity index (χ3n) is 3.01. The van der Waals surface area contributed by atoms with Crippen LogP contribution in [0.3, 0.4) is 0 Å². The summed E-state index contributed by atoms with van der Waals surface area (Å²) in [6, 6.07) is 1.77. The fraction of sp³-hybridized carbons (Fsp3) is 0.385. The van der Waals surface area contributed by atoms with Crippen LogP contribution in [0.5, 0.6) is 5.75 Å². The van der Waals surface area contributed by atoms with Gasteiger partial charge in [0.15, 0.2) is 0 Å². The summed E-state index contributed by atoms with van der Waals surface area (Å²) in [5, 5.41) is 14.8. The largest absolute Gasteiger partial charge is 0.507 e. The number of benzene rings is 1. The number of phenols is 1.